The number of benzene rings is 3. The molecule has 0 aromatic heterocycles. The Hall–Kier alpha value is -3.11. The molecule has 1 aliphatic rings. The van der Waals surface area contributed by atoms with Crippen LogP contribution in [0.5, 0.6) is 11.5 Å². The molecule has 0 unspecified atom stereocenters. The Balaban J connectivity index is 1.76. The number of fused-ring (bicyclic) bond motifs is 1. The van der Waals surface area contributed by atoms with Gasteiger partial charge in [-0.3, -0.25) is 4.99 Å². The monoisotopic (exact) mass is 443 g/mol. The first kappa shape index (κ1) is 23.1. The molecular formula is C29H33NO3. The summed E-state index contributed by atoms with van der Waals surface area (Å²) >= 11 is 0. The molecule has 0 saturated carbocycles. The summed E-state index contributed by atoms with van der Waals surface area (Å²) in [5.41, 5.74) is 7.04. The van der Waals surface area contributed by atoms with Gasteiger partial charge in [0, 0.05) is 23.9 Å². The van der Waals surface area contributed by atoms with Crippen LogP contribution in [-0.4, -0.2) is 26.5 Å². The van der Waals surface area contributed by atoms with Gasteiger partial charge in [-0.1, -0.05) is 50.2 Å². The molecule has 0 saturated heterocycles. The van der Waals surface area contributed by atoms with Crippen molar-refractivity contribution in [2.75, 3.05) is 20.8 Å². The smallest absolute Gasteiger partial charge is 0.147 e. The Kier molecular flexibility index (Phi) is 7.46. The molecule has 0 radical (unpaired) electrons. The van der Waals surface area contributed by atoms with Crippen LogP contribution in [0.2, 0.25) is 0 Å². The highest BCUT2D eigenvalue weighted by molar-refractivity contribution is 6.06. The molecular weight excluding hydrogens is 410 g/mol. The van der Waals surface area contributed by atoms with E-state index < -0.39 is 0 Å². The van der Waals surface area contributed by atoms with E-state index in [1.54, 1.807) is 14.2 Å². The van der Waals surface area contributed by atoms with Crippen molar-refractivity contribution in [2.24, 2.45) is 4.99 Å². The highest BCUT2D eigenvalue weighted by atomic mass is 16.5. The predicted molar refractivity (Wildman–Crippen MR) is 134 cm³/mol. The average Bonchev–Trinajstić information content (AvgIpc) is 2.84. The summed E-state index contributed by atoms with van der Waals surface area (Å²) in [4.78, 5) is 5.07. The van der Waals surface area contributed by atoms with Gasteiger partial charge in [-0.2, -0.15) is 0 Å². The molecule has 3 aromatic carbocycles. The van der Waals surface area contributed by atoms with Crippen molar-refractivity contribution in [3.05, 3.63) is 89.0 Å². The lowest BCUT2D eigenvalue weighted by Gasteiger charge is -2.28. The van der Waals surface area contributed by atoms with Crippen molar-refractivity contribution in [2.45, 2.75) is 45.1 Å². The fraction of sp³-hybridized carbons (Fsp3) is 0.345. The first-order valence-electron chi connectivity index (χ1n) is 11.7. The fourth-order valence-electron chi connectivity index (χ4n) is 4.54. The Morgan fingerprint density at radius 1 is 0.879 bits per heavy atom. The number of aryl methyl sites for hydroxylation is 1. The van der Waals surface area contributed by atoms with E-state index in [1.807, 2.05) is 42.5 Å². The van der Waals surface area contributed by atoms with Crippen LogP contribution in [0.3, 0.4) is 0 Å². The molecule has 0 bridgehead atoms. The van der Waals surface area contributed by atoms with E-state index in [2.05, 4.69) is 38.1 Å². The largest absolute Gasteiger partial charge is 0.497 e. The lowest BCUT2D eigenvalue weighted by atomic mass is 9.82. The second-order valence-corrected chi connectivity index (χ2v) is 8.75. The van der Waals surface area contributed by atoms with Crippen LogP contribution < -0.4 is 9.47 Å². The summed E-state index contributed by atoms with van der Waals surface area (Å²) in [6, 6.07) is 22.6. The predicted octanol–water partition coefficient (Wildman–Crippen LogP) is 7.04. The van der Waals surface area contributed by atoms with Gasteiger partial charge < -0.3 is 14.2 Å². The lowest BCUT2D eigenvalue weighted by Crippen LogP contribution is -2.19. The SMILES string of the molecule is COC[C@@H](Oc1ccc2c(c1C(C)C)C(=Nc1ccc(OC)cc1)CCC2)c1ccccc1. The van der Waals surface area contributed by atoms with Crippen molar-refractivity contribution >= 4 is 11.4 Å². The van der Waals surface area contributed by atoms with Crippen molar-refractivity contribution < 1.29 is 14.2 Å². The zero-order valence-electron chi connectivity index (χ0n) is 20.0. The number of aliphatic imine (C=N–C) groups is 1. The molecule has 4 heteroatoms. The third-order valence-corrected chi connectivity index (χ3v) is 6.11. The standard InChI is InChI=1S/C29H33NO3/c1-20(2)28-26(33-27(19-31-3)21-9-6-5-7-10-21)18-13-22-11-8-12-25(29(22)28)30-23-14-16-24(32-4)17-15-23/h5-7,9-10,13-18,20,27H,8,11-12,19H2,1-4H3/t27-/m1/s1. The van der Waals surface area contributed by atoms with Crippen molar-refractivity contribution in [3.63, 3.8) is 0 Å². The number of hydrogen-bond acceptors (Lipinski definition) is 4. The van der Waals surface area contributed by atoms with Crippen LogP contribution in [-0.2, 0) is 11.2 Å². The molecule has 0 aliphatic heterocycles. The first-order chi connectivity index (χ1) is 16.1. The molecule has 172 valence electrons. The highest BCUT2D eigenvalue weighted by Crippen LogP contribution is 2.39. The lowest BCUT2D eigenvalue weighted by molar-refractivity contribution is 0.0801. The van der Waals surface area contributed by atoms with Crippen molar-refractivity contribution in [1.82, 2.24) is 0 Å². The van der Waals surface area contributed by atoms with Gasteiger partial charge in [0.1, 0.15) is 17.6 Å². The van der Waals surface area contributed by atoms with Crippen LogP contribution in [0.4, 0.5) is 5.69 Å². The second kappa shape index (κ2) is 10.7. The summed E-state index contributed by atoms with van der Waals surface area (Å²) in [6.45, 7) is 4.96. The molecule has 1 atom stereocenters. The molecule has 0 N–H and O–H groups in total. The third-order valence-electron chi connectivity index (χ3n) is 6.11. The van der Waals surface area contributed by atoms with Crippen LogP contribution in [0.15, 0.2) is 71.7 Å². The molecule has 33 heavy (non-hydrogen) atoms. The van der Waals surface area contributed by atoms with Gasteiger partial charge in [0.25, 0.3) is 0 Å². The number of hydrogen-bond donors (Lipinski definition) is 0. The molecule has 0 heterocycles. The van der Waals surface area contributed by atoms with Gasteiger partial charge in [0.2, 0.25) is 0 Å². The molecule has 0 amide bonds. The molecule has 0 fully saturated rings. The minimum atomic E-state index is -0.169. The van der Waals surface area contributed by atoms with E-state index in [9.17, 15) is 0 Å². The maximum atomic E-state index is 6.63. The number of rotatable bonds is 8. The fourth-order valence-corrected chi connectivity index (χ4v) is 4.54. The minimum absolute atomic E-state index is 0.169. The Morgan fingerprint density at radius 2 is 1.64 bits per heavy atom. The highest BCUT2D eigenvalue weighted by Gasteiger charge is 2.26. The maximum Gasteiger partial charge on any atom is 0.147 e. The van der Waals surface area contributed by atoms with Crippen LogP contribution >= 0.6 is 0 Å². The summed E-state index contributed by atoms with van der Waals surface area (Å²) < 4.78 is 17.4. The summed E-state index contributed by atoms with van der Waals surface area (Å²) in [5.74, 6) is 2.05. The van der Waals surface area contributed by atoms with Crippen LogP contribution in [0.25, 0.3) is 0 Å². The Morgan fingerprint density at radius 3 is 2.30 bits per heavy atom. The van der Waals surface area contributed by atoms with Gasteiger partial charge in [-0.25, -0.2) is 0 Å². The van der Waals surface area contributed by atoms with Gasteiger partial charge in [0.15, 0.2) is 0 Å². The maximum absolute atomic E-state index is 6.63. The van der Waals surface area contributed by atoms with E-state index in [4.69, 9.17) is 19.2 Å². The minimum Gasteiger partial charge on any atom is -0.497 e. The quantitative estimate of drug-likeness (QED) is 0.375. The number of ether oxygens (including phenoxy) is 3. The number of nitrogens with zero attached hydrogens (tertiary/aromatic N) is 1. The normalized spacial score (nSPS) is 15.4. The average molecular weight is 444 g/mol. The van der Waals surface area contributed by atoms with Gasteiger partial charge in [0.05, 0.1) is 19.4 Å². The summed E-state index contributed by atoms with van der Waals surface area (Å²) in [5, 5.41) is 0. The molecule has 0 spiro atoms. The first-order valence-corrected chi connectivity index (χ1v) is 11.7. The number of methoxy groups -OCH3 is 2. The second-order valence-electron chi connectivity index (χ2n) is 8.75. The van der Waals surface area contributed by atoms with E-state index in [1.165, 1.54) is 16.7 Å². The van der Waals surface area contributed by atoms with E-state index in [0.717, 1.165) is 47.7 Å². The summed E-state index contributed by atoms with van der Waals surface area (Å²) in [7, 11) is 3.40. The molecule has 4 rings (SSSR count). The Bertz CT molecular complexity index is 1090. The van der Waals surface area contributed by atoms with Gasteiger partial charge in [-0.15, -0.1) is 0 Å². The zero-order valence-corrected chi connectivity index (χ0v) is 20.0. The van der Waals surface area contributed by atoms with Crippen LogP contribution in [0.1, 0.15) is 61.0 Å². The Labute approximate surface area is 197 Å². The van der Waals surface area contributed by atoms with Crippen molar-refractivity contribution in [3.8, 4) is 11.5 Å². The van der Waals surface area contributed by atoms with E-state index in [0.29, 0.717) is 12.5 Å². The molecule has 4 nitrogen and oxygen atoms in total. The molecule has 3 aromatic rings. The summed E-state index contributed by atoms with van der Waals surface area (Å²) in [6.07, 6.45) is 2.97. The van der Waals surface area contributed by atoms with E-state index in [-0.39, 0.29) is 6.10 Å². The van der Waals surface area contributed by atoms with Gasteiger partial charge >= 0.3 is 0 Å². The third kappa shape index (κ3) is 5.28. The topological polar surface area (TPSA) is 40.0 Å². The van der Waals surface area contributed by atoms with Crippen molar-refractivity contribution in [1.29, 1.82) is 0 Å². The zero-order chi connectivity index (χ0) is 23.2. The van der Waals surface area contributed by atoms with E-state index >= 15 is 0 Å². The van der Waals surface area contributed by atoms with Gasteiger partial charge in [-0.05, 0) is 66.6 Å². The van der Waals surface area contributed by atoms with Crippen LogP contribution in [0, 0.1) is 0 Å². The molecule has 1 aliphatic carbocycles.